The van der Waals surface area contributed by atoms with Crippen LogP contribution in [0, 0.1) is 0 Å². The molecule has 2 N–H and O–H groups in total. The lowest BCUT2D eigenvalue weighted by molar-refractivity contribution is -0.115. The van der Waals surface area contributed by atoms with E-state index in [4.69, 9.17) is 16.6 Å². The molecule has 2 aliphatic heterocycles. The lowest BCUT2D eigenvalue weighted by atomic mass is 10.1. The van der Waals surface area contributed by atoms with E-state index in [0.717, 1.165) is 31.6 Å². The van der Waals surface area contributed by atoms with E-state index in [1.807, 2.05) is 35.2 Å². The molecular formula is C20H19N3O3S2. The van der Waals surface area contributed by atoms with Gasteiger partial charge in [0.15, 0.2) is 0 Å². The summed E-state index contributed by atoms with van der Waals surface area (Å²) in [4.78, 5) is 27.0. The van der Waals surface area contributed by atoms with Crippen LogP contribution in [0.2, 0.25) is 0 Å². The number of thiocarbonyl (C=S) groups is 1. The first-order valence-electron chi connectivity index (χ1n) is 9.05. The summed E-state index contributed by atoms with van der Waals surface area (Å²) in [5.41, 5.74) is 1.47. The Morgan fingerprint density at radius 3 is 2.93 bits per heavy atom. The topological polar surface area (TPSA) is 74.6 Å². The van der Waals surface area contributed by atoms with Crippen molar-refractivity contribution in [2.45, 2.75) is 6.42 Å². The maximum absolute atomic E-state index is 12.8. The van der Waals surface area contributed by atoms with Crippen molar-refractivity contribution in [3.8, 4) is 11.3 Å². The SMILES string of the molecule is O=C1NC(=S)SC1=Cc1ccc(-c2cccc(C(=O)N3CCCNCC3)c2)o1. The number of carbonyl (C=O) groups excluding carboxylic acids is 2. The fourth-order valence-corrected chi connectivity index (χ4v) is 4.20. The molecule has 0 bridgehead atoms. The molecule has 144 valence electrons. The van der Waals surface area contributed by atoms with Gasteiger partial charge < -0.3 is 20.0 Å². The second kappa shape index (κ2) is 8.30. The van der Waals surface area contributed by atoms with Crippen molar-refractivity contribution in [1.29, 1.82) is 0 Å². The molecular weight excluding hydrogens is 394 g/mol. The van der Waals surface area contributed by atoms with Crippen molar-refractivity contribution in [3.63, 3.8) is 0 Å². The summed E-state index contributed by atoms with van der Waals surface area (Å²) in [7, 11) is 0. The smallest absolute Gasteiger partial charge is 0.263 e. The van der Waals surface area contributed by atoms with Crippen LogP contribution in [0.5, 0.6) is 0 Å². The minimum absolute atomic E-state index is 0.0342. The summed E-state index contributed by atoms with van der Waals surface area (Å²) in [5, 5.41) is 5.89. The van der Waals surface area contributed by atoms with E-state index in [0.29, 0.717) is 32.9 Å². The van der Waals surface area contributed by atoms with Crippen LogP contribution >= 0.6 is 24.0 Å². The van der Waals surface area contributed by atoms with Crippen LogP contribution in [0.4, 0.5) is 0 Å². The van der Waals surface area contributed by atoms with Gasteiger partial charge in [-0.1, -0.05) is 36.1 Å². The highest BCUT2D eigenvalue weighted by atomic mass is 32.2. The summed E-state index contributed by atoms with van der Waals surface area (Å²) in [5.74, 6) is 1.03. The van der Waals surface area contributed by atoms with Crippen LogP contribution in [0.25, 0.3) is 17.4 Å². The molecule has 0 atom stereocenters. The van der Waals surface area contributed by atoms with Crippen molar-refractivity contribution in [1.82, 2.24) is 15.5 Å². The zero-order chi connectivity index (χ0) is 19.5. The number of nitrogens with one attached hydrogen (secondary N) is 2. The number of amides is 2. The van der Waals surface area contributed by atoms with E-state index in [9.17, 15) is 9.59 Å². The Bertz CT molecular complexity index is 959. The summed E-state index contributed by atoms with van der Waals surface area (Å²) >= 11 is 6.21. The summed E-state index contributed by atoms with van der Waals surface area (Å²) in [6.07, 6.45) is 2.62. The first kappa shape index (κ1) is 18.9. The van der Waals surface area contributed by atoms with Crippen LogP contribution in [0.3, 0.4) is 0 Å². The van der Waals surface area contributed by atoms with Gasteiger partial charge in [-0.15, -0.1) is 0 Å². The van der Waals surface area contributed by atoms with Crippen LogP contribution in [0.15, 0.2) is 45.7 Å². The highest BCUT2D eigenvalue weighted by molar-refractivity contribution is 8.26. The third-order valence-corrected chi connectivity index (χ3v) is 5.73. The molecule has 6 nitrogen and oxygen atoms in total. The van der Waals surface area contributed by atoms with Crippen LogP contribution < -0.4 is 10.6 Å². The number of furan rings is 1. The van der Waals surface area contributed by atoms with Gasteiger partial charge in [0.25, 0.3) is 11.8 Å². The van der Waals surface area contributed by atoms with E-state index in [-0.39, 0.29) is 11.8 Å². The molecule has 2 saturated heterocycles. The van der Waals surface area contributed by atoms with E-state index >= 15 is 0 Å². The fourth-order valence-electron chi connectivity index (χ4n) is 3.17. The molecule has 0 spiro atoms. The minimum atomic E-state index is -0.215. The normalized spacial score (nSPS) is 19.0. The van der Waals surface area contributed by atoms with Gasteiger partial charge in [0.05, 0.1) is 4.91 Å². The molecule has 0 radical (unpaired) electrons. The number of nitrogens with zero attached hydrogens (tertiary/aromatic N) is 1. The zero-order valence-corrected chi connectivity index (χ0v) is 16.7. The van der Waals surface area contributed by atoms with Gasteiger partial charge in [0.1, 0.15) is 15.8 Å². The Hall–Kier alpha value is -2.42. The Labute approximate surface area is 172 Å². The van der Waals surface area contributed by atoms with Gasteiger partial charge in [0.2, 0.25) is 0 Å². The Kier molecular flexibility index (Phi) is 5.61. The predicted molar refractivity (Wildman–Crippen MR) is 114 cm³/mol. The first-order chi connectivity index (χ1) is 13.6. The number of rotatable bonds is 3. The molecule has 3 heterocycles. The molecule has 1 aromatic heterocycles. The van der Waals surface area contributed by atoms with E-state index in [1.54, 1.807) is 12.1 Å². The lowest BCUT2D eigenvalue weighted by Gasteiger charge is -2.20. The van der Waals surface area contributed by atoms with Crippen molar-refractivity contribution in [3.05, 3.63) is 52.6 Å². The molecule has 28 heavy (non-hydrogen) atoms. The largest absolute Gasteiger partial charge is 0.457 e. The van der Waals surface area contributed by atoms with Gasteiger partial charge in [-0.05, 0) is 37.2 Å². The highest BCUT2D eigenvalue weighted by Gasteiger charge is 2.23. The first-order valence-corrected chi connectivity index (χ1v) is 10.3. The molecule has 8 heteroatoms. The Balaban J connectivity index is 1.54. The molecule has 0 saturated carbocycles. The molecule has 2 amide bonds. The Morgan fingerprint density at radius 1 is 1.21 bits per heavy atom. The summed E-state index contributed by atoms with van der Waals surface area (Å²) in [6.45, 7) is 3.23. The third kappa shape index (κ3) is 4.19. The number of thioether (sulfide) groups is 1. The van der Waals surface area contributed by atoms with Crippen molar-refractivity contribution in [2.24, 2.45) is 0 Å². The third-order valence-electron chi connectivity index (χ3n) is 4.56. The summed E-state index contributed by atoms with van der Waals surface area (Å²) in [6, 6.07) is 11.1. The van der Waals surface area contributed by atoms with Crippen molar-refractivity contribution < 1.29 is 14.0 Å². The number of benzene rings is 1. The van der Waals surface area contributed by atoms with Gasteiger partial charge in [-0.2, -0.15) is 0 Å². The number of hydrogen-bond donors (Lipinski definition) is 2. The standard InChI is InChI=1S/C20H19N3O3S2/c24-18-17(28-20(27)22-18)12-15-5-6-16(26-15)13-3-1-4-14(11-13)19(25)23-9-2-7-21-8-10-23/h1,3-6,11-12,21H,2,7-10H2,(H,22,24,27). The van der Waals surface area contributed by atoms with Gasteiger partial charge in [0, 0.05) is 36.8 Å². The fraction of sp³-hybridized carbons (Fsp3) is 0.250. The molecule has 2 fully saturated rings. The second-order valence-corrected chi connectivity index (χ2v) is 8.25. The van der Waals surface area contributed by atoms with Gasteiger partial charge >= 0.3 is 0 Å². The predicted octanol–water partition coefficient (Wildman–Crippen LogP) is 2.87. The number of hydrogen-bond acceptors (Lipinski definition) is 6. The van der Waals surface area contributed by atoms with E-state index in [2.05, 4.69) is 10.6 Å². The minimum Gasteiger partial charge on any atom is -0.457 e. The molecule has 0 unspecified atom stereocenters. The van der Waals surface area contributed by atoms with E-state index < -0.39 is 0 Å². The second-order valence-electron chi connectivity index (χ2n) is 6.53. The molecule has 2 aromatic rings. The monoisotopic (exact) mass is 413 g/mol. The van der Waals surface area contributed by atoms with E-state index in [1.165, 1.54) is 11.8 Å². The molecule has 4 rings (SSSR count). The lowest BCUT2D eigenvalue weighted by Crippen LogP contribution is -2.34. The van der Waals surface area contributed by atoms with Gasteiger partial charge in [-0.25, -0.2) is 0 Å². The van der Waals surface area contributed by atoms with Gasteiger partial charge in [-0.3, -0.25) is 9.59 Å². The average molecular weight is 414 g/mol. The molecule has 0 aliphatic carbocycles. The highest BCUT2D eigenvalue weighted by Crippen LogP contribution is 2.29. The quantitative estimate of drug-likeness (QED) is 0.595. The van der Waals surface area contributed by atoms with Crippen molar-refractivity contribution in [2.75, 3.05) is 26.2 Å². The zero-order valence-electron chi connectivity index (χ0n) is 15.1. The van der Waals surface area contributed by atoms with Crippen LogP contribution in [-0.4, -0.2) is 47.2 Å². The van der Waals surface area contributed by atoms with Crippen LogP contribution in [-0.2, 0) is 4.79 Å². The van der Waals surface area contributed by atoms with Crippen LogP contribution in [0.1, 0.15) is 22.5 Å². The average Bonchev–Trinajstić information content (AvgIpc) is 3.17. The molecule has 1 aromatic carbocycles. The maximum Gasteiger partial charge on any atom is 0.263 e. The summed E-state index contributed by atoms with van der Waals surface area (Å²) < 4.78 is 6.31. The maximum atomic E-state index is 12.8. The Morgan fingerprint density at radius 2 is 2.11 bits per heavy atom. The van der Waals surface area contributed by atoms with Crippen molar-refractivity contribution >= 4 is 46.2 Å². The molecule has 2 aliphatic rings. The number of carbonyl (C=O) groups is 2.